The number of aryl methyl sites for hydroxylation is 1. The molecule has 44 heavy (non-hydrogen) atoms. The minimum Gasteiger partial charge on any atom is -0.494 e. The minimum absolute atomic E-state index is 0.0248. The average molecular weight is 621 g/mol. The first-order valence-electron chi connectivity index (χ1n) is 16.5. The normalized spacial score (nSPS) is 15.5. The van der Waals surface area contributed by atoms with Crippen LogP contribution in [0.25, 0.3) is 10.1 Å². The Bertz CT molecular complexity index is 1360. The maximum Gasteiger partial charge on any atom is 0.411 e. The molecule has 0 bridgehead atoms. The summed E-state index contributed by atoms with van der Waals surface area (Å²) in [4.78, 5) is 34.2. The molecule has 2 aliphatic heterocycles. The highest BCUT2D eigenvalue weighted by Crippen LogP contribution is 2.33. The third-order valence-corrected chi connectivity index (χ3v) is 9.60. The van der Waals surface area contributed by atoms with Gasteiger partial charge in [0.1, 0.15) is 5.75 Å². The molecule has 9 heteroatoms. The highest BCUT2D eigenvalue weighted by molar-refractivity contribution is 7.17. The molecule has 0 radical (unpaired) electrons. The number of unbranched alkanes of at least 4 members (excludes halogenated alkanes) is 3. The van der Waals surface area contributed by atoms with Crippen LogP contribution >= 0.6 is 11.3 Å². The molecule has 238 valence electrons. The Morgan fingerprint density at radius 1 is 0.909 bits per heavy atom. The number of benzene rings is 2. The minimum atomic E-state index is -0.347. The van der Waals surface area contributed by atoms with Gasteiger partial charge in [0, 0.05) is 67.5 Å². The lowest BCUT2D eigenvalue weighted by atomic mass is 10.0. The van der Waals surface area contributed by atoms with E-state index in [4.69, 9.17) is 9.47 Å². The summed E-state index contributed by atoms with van der Waals surface area (Å²) in [6.45, 7) is 11.5. The fourth-order valence-electron chi connectivity index (χ4n) is 6.05. The molecule has 1 fully saturated rings. The summed E-state index contributed by atoms with van der Waals surface area (Å²) in [5.41, 5.74) is 3.23. The van der Waals surface area contributed by atoms with Gasteiger partial charge in [0.15, 0.2) is 6.73 Å². The molecule has 0 atom stereocenters. The summed E-state index contributed by atoms with van der Waals surface area (Å²) in [5.74, 6) is 0.724. The van der Waals surface area contributed by atoms with Crippen LogP contribution in [0.4, 0.5) is 16.2 Å². The summed E-state index contributed by atoms with van der Waals surface area (Å²) < 4.78 is 13.2. The number of fused-ring (bicyclic) bond motifs is 2. The van der Waals surface area contributed by atoms with Crippen molar-refractivity contribution in [2.75, 3.05) is 69.0 Å². The number of amides is 2. The van der Waals surface area contributed by atoms with Crippen LogP contribution in [0.3, 0.4) is 0 Å². The van der Waals surface area contributed by atoms with Crippen LogP contribution in [0.1, 0.15) is 64.4 Å². The molecule has 0 N–H and O–H groups in total. The van der Waals surface area contributed by atoms with Gasteiger partial charge in [-0.05, 0) is 73.9 Å². The van der Waals surface area contributed by atoms with Crippen molar-refractivity contribution in [1.82, 2.24) is 9.80 Å². The highest BCUT2D eigenvalue weighted by atomic mass is 32.1. The van der Waals surface area contributed by atoms with Gasteiger partial charge in [-0.3, -0.25) is 14.6 Å². The van der Waals surface area contributed by atoms with Crippen molar-refractivity contribution < 1.29 is 19.1 Å². The van der Waals surface area contributed by atoms with Crippen molar-refractivity contribution in [2.45, 2.75) is 65.2 Å². The molecule has 0 spiro atoms. The van der Waals surface area contributed by atoms with E-state index < -0.39 is 0 Å². The van der Waals surface area contributed by atoms with Crippen LogP contribution in [-0.4, -0.2) is 81.0 Å². The second kappa shape index (κ2) is 16.1. The van der Waals surface area contributed by atoms with Gasteiger partial charge in [0.25, 0.3) is 0 Å². The number of anilines is 2. The molecule has 3 heterocycles. The second-order valence-corrected chi connectivity index (χ2v) is 12.8. The van der Waals surface area contributed by atoms with Gasteiger partial charge in [-0.15, -0.1) is 11.3 Å². The SMILES string of the molecule is CCCCN(CCCC)C(=O)OCN1C(=O)CCc2ccc(OCCCCN3CCN(c4cccc5sccc45)CC3)cc21. The number of piperazine rings is 1. The third kappa shape index (κ3) is 8.24. The molecular formula is C35H48N4O4S. The van der Waals surface area contributed by atoms with Crippen molar-refractivity contribution in [3.05, 3.63) is 53.4 Å². The average Bonchev–Trinajstić information content (AvgIpc) is 3.54. The van der Waals surface area contributed by atoms with Crippen molar-refractivity contribution in [3.63, 3.8) is 0 Å². The molecule has 2 aliphatic rings. The second-order valence-electron chi connectivity index (χ2n) is 11.8. The van der Waals surface area contributed by atoms with Crippen molar-refractivity contribution in [3.8, 4) is 5.75 Å². The van der Waals surface area contributed by atoms with Crippen LogP contribution in [-0.2, 0) is 16.0 Å². The predicted octanol–water partition coefficient (Wildman–Crippen LogP) is 7.16. The van der Waals surface area contributed by atoms with E-state index in [1.54, 1.807) is 9.80 Å². The summed E-state index contributed by atoms with van der Waals surface area (Å²) in [6, 6.07) is 14.8. The van der Waals surface area contributed by atoms with E-state index in [0.29, 0.717) is 32.5 Å². The fourth-order valence-corrected chi connectivity index (χ4v) is 6.85. The number of carbonyl (C=O) groups is 2. The summed E-state index contributed by atoms with van der Waals surface area (Å²) in [7, 11) is 0. The largest absolute Gasteiger partial charge is 0.494 e. The molecule has 5 rings (SSSR count). The van der Waals surface area contributed by atoms with E-state index in [1.165, 1.54) is 15.8 Å². The molecule has 2 amide bonds. The Hall–Kier alpha value is -3.30. The van der Waals surface area contributed by atoms with Gasteiger partial charge in [0.05, 0.1) is 12.3 Å². The van der Waals surface area contributed by atoms with E-state index in [9.17, 15) is 9.59 Å². The van der Waals surface area contributed by atoms with Gasteiger partial charge in [-0.25, -0.2) is 4.79 Å². The number of thiophene rings is 1. The van der Waals surface area contributed by atoms with Crippen LogP contribution in [0.5, 0.6) is 5.75 Å². The lowest BCUT2D eigenvalue weighted by Gasteiger charge is -2.36. The number of rotatable bonds is 15. The topological polar surface area (TPSA) is 65.6 Å². The number of ether oxygens (including phenoxy) is 2. The quantitative estimate of drug-likeness (QED) is 0.168. The molecular weight excluding hydrogens is 572 g/mol. The number of hydrogen-bond donors (Lipinski definition) is 0. The third-order valence-electron chi connectivity index (χ3n) is 8.72. The van der Waals surface area contributed by atoms with E-state index in [2.05, 4.69) is 53.3 Å². The number of nitrogens with zero attached hydrogens (tertiary/aromatic N) is 4. The fraction of sp³-hybridized carbons (Fsp3) is 0.543. The summed E-state index contributed by atoms with van der Waals surface area (Å²) in [5, 5.41) is 3.55. The monoisotopic (exact) mass is 620 g/mol. The van der Waals surface area contributed by atoms with Crippen LogP contribution in [0, 0.1) is 0 Å². The van der Waals surface area contributed by atoms with Crippen molar-refractivity contribution >= 4 is 44.8 Å². The zero-order chi connectivity index (χ0) is 30.7. The molecule has 0 unspecified atom stereocenters. The molecule has 1 aromatic heterocycles. The van der Waals surface area contributed by atoms with E-state index in [-0.39, 0.29) is 18.7 Å². The Labute approximate surface area is 266 Å². The first-order chi connectivity index (χ1) is 21.6. The first-order valence-corrected chi connectivity index (χ1v) is 17.4. The molecule has 0 saturated carbocycles. The molecule has 8 nitrogen and oxygen atoms in total. The lowest BCUT2D eigenvalue weighted by Crippen LogP contribution is -2.46. The first kappa shape index (κ1) is 32.1. The zero-order valence-corrected chi connectivity index (χ0v) is 27.3. The van der Waals surface area contributed by atoms with Gasteiger partial charge in [-0.1, -0.05) is 38.8 Å². The van der Waals surface area contributed by atoms with Crippen LogP contribution < -0.4 is 14.5 Å². The number of carbonyl (C=O) groups excluding carboxylic acids is 2. The molecule has 3 aromatic rings. The molecule has 0 aliphatic carbocycles. The Morgan fingerprint density at radius 2 is 1.70 bits per heavy atom. The van der Waals surface area contributed by atoms with Gasteiger partial charge < -0.3 is 19.3 Å². The molecule has 1 saturated heterocycles. The predicted molar refractivity (Wildman–Crippen MR) is 180 cm³/mol. The van der Waals surface area contributed by atoms with Gasteiger partial charge >= 0.3 is 6.09 Å². The Balaban J connectivity index is 1.06. The van der Waals surface area contributed by atoms with Crippen molar-refractivity contribution in [2.24, 2.45) is 0 Å². The van der Waals surface area contributed by atoms with Gasteiger partial charge in [-0.2, -0.15) is 0 Å². The maximum atomic E-state index is 12.9. The summed E-state index contributed by atoms with van der Waals surface area (Å²) in [6.07, 6.45) is 6.72. The molecule has 2 aromatic carbocycles. The van der Waals surface area contributed by atoms with Crippen LogP contribution in [0.15, 0.2) is 47.8 Å². The van der Waals surface area contributed by atoms with E-state index in [0.717, 1.165) is 88.2 Å². The Morgan fingerprint density at radius 3 is 2.48 bits per heavy atom. The number of hydrogen-bond acceptors (Lipinski definition) is 7. The standard InChI is InChI=1S/C35H48N4O4S/c1-3-5-18-38(19-6-4-2)35(41)43-27-39-32-26-29(14-12-28(32)13-15-34(39)40)42-24-8-7-17-36-20-22-37(23-21-36)31-10-9-11-33-30(31)16-25-44-33/h9-12,14,16,25-26H,3-8,13,15,17-24,27H2,1-2H3. The highest BCUT2D eigenvalue weighted by Gasteiger charge is 2.27. The van der Waals surface area contributed by atoms with Crippen LogP contribution in [0.2, 0.25) is 0 Å². The van der Waals surface area contributed by atoms with Crippen molar-refractivity contribution in [1.29, 1.82) is 0 Å². The summed E-state index contributed by atoms with van der Waals surface area (Å²) >= 11 is 1.81. The Kier molecular flexibility index (Phi) is 11.8. The zero-order valence-electron chi connectivity index (χ0n) is 26.5. The maximum absolute atomic E-state index is 12.9. The van der Waals surface area contributed by atoms with E-state index >= 15 is 0 Å². The smallest absolute Gasteiger partial charge is 0.411 e. The van der Waals surface area contributed by atoms with Gasteiger partial charge in [0.2, 0.25) is 5.91 Å². The lowest BCUT2D eigenvalue weighted by molar-refractivity contribution is -0.119. The van der Waals surface area contributed by atoms with E-state index in [1.807, 2.05) is 29.5 Å².